The van der Waals surface area contributed by atoms with E-state index in [0.29, 0.717) is 13.0 Å². The Labute approximate surface area is 144 Å². The molecule has 5 nitrogen and oxygen atoms in total. The van der Waals surface area contributed by atoms with Crippen molar-refractivity contribution in [3.05, 3.63) is 29.8 Å². The highest BCUT2D eigenvalue weighted by Crippen LogP contribution is 2.16. The van der Waals surface area contributed by atoms with Crippen molar-refractivity contribution in [2.24, 2.45) is 5.73 Å². The number of amides is 1. The van der Waals surface area contributed by atoms with Crippen LogP contribution in [0, 0.1) is 0 Å². The molecular weight excluding hydrogens is 316 g/mol. The molecule has 1 aromatic carbocycles. The molecule has 130 valence electrons. The first-order valence-corrected chi connectivity index (χ1v) is 7.95. The zero-order valence-corrected chi connectivity index (χ0v) is 14.5. The summed E-state index contributed by atoms with van der Waals surface area (Å²) >= 11 is 0. The van der Waals surface area contributed by atoms with E-state index >= 15 is 0 Å². The highest BCUT2D eigenvalue weighted by molar-refractivity contribution is 5.85. The summed E-state index contributed by atoms with van der Waals surface area (Å²) < 4.78 is 10.9. The van der Waals surface area contributed by atoms with Crippen LogP contribution in [0.4, 0.5) is 0 Å². The van der Waals surface area contributed by atoms with Crippen molar-refractivity contribution in [2.45, 2.75) is 31.8 Å². The number of hydrogen-bond acceptors (Lipinski definition) is 4. The molecule has 1 aliphatic rings. The molecule has 0 spiro atoms. The van der Waals surface area contributed by atoms with E-state index in [1.807, 2.05) is 29.2 Å². The SMILES string of the molecule is COc1ccc(CC(=O)N2CCC(OCCCN)CC2)cc1.Cl. The van der Waals surface area contributed by atoms with Gasteiger partial charge in [0.1, 0.15) is 5.75 Å². The van der Waals surface area contributed by atoms with Crippen molar-refractivity contribution in [2.75, 3.05) is 33.4 Å². The van der Waals surface area contributed by atoms with Gasteiger partial charge in [0.05, 0.1) is 19.6 Å². The van der Waals surface area contributed by atoms with Gasteiger partial charge in [-0.2, -0.15) is 0 Å². The smallest absolute Gasteiger partial charge is 0.226 e. The van der Waals surface area contributed by atoms with E-state index in [2.05, 4.69) is 0 Å². The van der Waals surface area contributed by atoms with Crippen LogP contribution in [0.25, 0.3) is 0 Å². The van der Waals surface area contributed by atoms with Crippen LogP contribution >= 0.6 is 12.4 Å². The van der Waals surface area contributed by atoms with Gasteiger partial charge < -0.3 is 20.1 Å². The summed E-state index contributed by atoms with van der Waals surface area (Å²) in [5.74, 6) is 0.997. The number of carbonyl (C=O) groups excluding carboxylic acids is 1. The minimum atomic E-state index is 0. The molecule has 2 rings (SSSR count). The lowest BCUT2D eigenvalue weighted by atomic mass is 10.1. The van der Waals surface area contributed by atoms with E-state index in [9.17, 15) is 4.79 Å². The zero-order valence-electron chi connectivity index (χ0n) is 13.7. The fourth-order valence-corrected chi connectivity index (χ4v) is 2.64. The van der Waals surface area contributed by atoms with Crippen LogP contribution in [0.15, 0.2) is 24.3 Å². The average molecular weight is 343 g/mol. The van der Waals surface area contributed by atoms with Crippen molar-refractivity contribution in [3.63, 3.8) is 0 Å². The second kappa shape index (κ2) is 10.5. The summed E-state index contributed by atoms with van der Waals surface area (Å²) in [5.41, 5.74) is 6.48. The van der Waals surface area contributed by atoms with Gasteiger partial charge in [0.15, 0.2) is 0 Å². The van der Waals surface area contributed by atoms with Crippen molar-refractivity contribution >= 4 is 18.3 Å². The van der Waals surface area contributed by atoms with Gasteiger partial charge in [-0.15, -0.1) is 12.4 Å². The zero-order chi connectivity index (χ0) is 15.8. The Bertz CT molecular complexity index is 459. The number of benzene rings is 1. The van der Waals surface area contributed by atoms with Crippen LogP contribution in [-0.4, -0.2) is 50.3 Å². The van der Waals surface area contributed by atoms with E-state index < -0.39 is 0 Å². The maximum Gasteiger partial charge on any atom is 0.226 e. The van der Waals surface area contributed by atoms with Crippen LogP contribution in [0.5, 0.6) is 5.75 Å². The molecule has 1 saturated heterocycles. The van der Waals surface area contributed by atoms with Crippen LogP contribution in [-0.2, 0) is 16.0 Å². The molecule has 1 fully saturated rings. The fourth-order valence-electron chi connectivity index (χ4n) is 2.64. The van der Waals surface area contributed by atoms with E-state index in [0.717, 1.165) is 50.3 Å². The van der Waals surface area contributed by atoms with Crippen molar-refractivity contribution in [1.29, 1.82) is 0 Å². The molecular formula is C17H27ClN2O3. The van der Waals surface area contributed by atoms with Gasteiger partial charge in [0.25, 0.3) is 0 Å². The monoisotopic (exact) mass is 342 g/mol. The highest BCUT2D eigenvalue weighted by atomic mass is 35.5. The van der Waals surface area contributed by atoms with E-state index in [4.69, 9.17) is 15.2 Å². The lowest BCUT2D eigenvalue weighted by Gasteiger charge is -2.32. The summed E-state index contributed by atoms with van der Waals surface area (Å²) in [6.07, 6.45) is 3.45. The predicted molar refractivity (Wildman–Crippen MR) is 93.2 cm³/mol. The largest absolute Gasteiger partial charge is 0.497 e. The van der Waals surface area contributed by atoms with Gasteiger partial charge in [-0.1, -0.05) is 12.1 Å². The van der Waals surface area contributed by atoms with Gasteiger partial charge in [-0.3, -0.25) is 4.79 Å². The summed E-state index contributed by atoms with van der Waals surface area (Å²) in [7, 11) is 1.64. The molecule has 0 aliphatic carbocycles. The van der Waals surface area contributed by atoms with E-state index in [-0.39, 0.29) is 24.4 Å². The first-order chi connectivity index (χ1) is 10.7. The molecule has 0 radical (unpaired) electrons. The fraction of sp³-hybridized carbons (Fsp3) is 0.588. The number of nitrogens with zero attached hydrogens (tertiary/aromatic N) is 1. The maximum absolute atomic E-state index is 12.3. The summed E-state index contributed by atoms with van der Waals surface area (Å²) in [5, 5.41) is 0. The van der Waals surface area contributed by atoms with Gasteiger partial charge in [-0.05, 0) is 43.5 Å². The number of ether oxygens (including phenoxy) is 2. The van der Waals surface area contributed by atoms with Crippen molar-refractivity contribution in [1.82, 2.24) is 4.90 Å². The average Bonchev–Trinajstić information content (AvgIpc) is 2.56. The number of methoxy groups -OCH3 is 1. The summed E-state index contributed by atoms with van der Waals surface area (Å²) in [6, 6.07) is 7.67. The molecule has 2 N–H and O–H groups in total. The van der Waals surface area contributed by atoms with Crippen LogP contribution in [0.3, 0.4) is 0 Å². The van der Waals surface area contributed by atoms with Crippen LogP contribution in [0.2, 0.25) is 0 Å². The first-order valence-electron chi connectivity index (χ1n) is 7.95. The van der Waals surface area contributed by atoms with Crippen LogP contribution in [0.1, 0.15) is 24.8 Å². The molecule has 0 bridgehead atoms. The standard InChI is InChI=1S/C17H26N2O3.ClH/c1-21-15-5-3-14(4-6-15)13-17(20)19-10-7-16(8-11-19)22-12-2-9-18;/h3-6,16H,2,7-13,18H2,1H3;1H. The topological polar surface area (TPSA) is 64.8 Å². The Morgan fingerprint density at radius 3 is 2.48 bits per heavy atom. The van der Waals surface area contributed by atoms with E-state index in [1.165, 1.54) is 0 Å². The predicted octanol–water partition coefficient (Wildman–Crippen LogP) is 2.02. The number of piperidine rings is 1. The Balaban J connectivity index is 0.00000264. The van der Waals surface area contributed by atoms with E-state index in [1.54, 1.807) is 7.11 Å². The second-order valence-corrected chi connectivity index (χ2v) is 5.62. The second-order valence-electron chi connectivity index (χ2n) is 5.62. The summed E-state index contributed by atoms with van der Waals surface area (Å²) in [6.45, 7) is 2.95. The molecule has 0 saturated carbocycles. The van der Waals surface area contributed by atoms with Crippen molar-refractivity contribution < 1.29 is 14.3 Å². The normalized spacial score (nSPS) is 15.1. The van der Waals surface area contributed by atoms with Gasteiger partial charge in [0.2, 0.25) is 5.91 Å². The van der Waals surface area contributed by atoms with Gasteiger partial charge >= 0.3 is 0 Å². The lowest BCUT2D eigenvalue weighted by molar-refractivity contribution is -0.133. The minimum Gasteiger partial charge on any atom is -0.497 e. The molecule has 1 aliphatic heterocycles. The number of carbonyl (C=O) groups is 1. The Morgan fingerprint density at radius 2 is 1.91 bits per heavy atom. The Morgan fingerprint density at radius 1 is 1.26 bits per heavy atom. The van der Waals surface area contributed by atoms with Gasteiger partial charge in [-0.25, -0.2) is 0 Å². The molecule has 0 unspecified atom stereocenters. The third kappa shape index (κ3) is 6.37. The molecule has 1 aromatic rings. The molecule has 1 amide bonds. The molecule has 0 atom stereocenters. The number of likely N-dealkylation sites (tertiary alicyclic amines) is 1. The van der Waals surface area contributed by atoms with Gasteiger partial charge in [0, 0.05) is 19.7 Å². The van der Waals surface area contributed by atoms with Crippen LogP contribution < -0.4 is 10.5 Å². The number of halogens is 1. The lowest BCUT2D eigenvalue weighted by Crippen LogP contribution is -2.41. The minimum absolute atomic E-state index is 0. The molecule has 23 heavy (non-hydrogen) atoms. The quantitative estimate of drug-likeness (QED) is 0.770. The van der Waals surface area contributed by atoms with Crippen molar-refractivity contribution in [3.8, 4) is 5.75 Å². The number of rotatable bonds is 7. The molecule has 1 heterocycles. The maximum atomic E-state index is 12.3. The number of hydrogen-bond donors (Lipinski definition) is 1. The highest BCUT2D eigenvalue weighted by Gasteiger charge is 2.23. The Kier molecular flexibility index (Phi) is 8.99. The Hall–Kier alpha value is -1.30. The molecule has 0 aromatic heterocycles. The third-order valence-electron chi connectivity index (χ3n) is 4.01. The first kappa shape index (κ1) is 19.7. The molecule has 6 heteroatoms. The number of nitrogens with two attached hydrogens (primary N) is 1. The summed E-state index contributed by atoms with van der Waals surface area (Å²) in [4.78, 5) is 14.3. The third-order valence-corrected chi connectivity index (χ3v) is 4.01.